The summed E-state index contributed by atoms with van der Waals surface area (Å²) < 4.78 is 28.2. The van der Waals surface area contributed by atoms with Gasteiger partial charge in [-0.1, -0.05) is 6.07 Å². The lowest BCUT2D eigenvalue weighted by atomic mass is 9.92. The summed E-state index contributed by atoms with van der Waals surface area (Å²) in [5, 5.41) is 0. The van der Waals surface area contributed by atoms with Crippen molar-refractivity contribution in [1.82, 2.24) is 9.62 Å². The number of carbonyl (C=O) groups excluding carboxylic acids is 1. The van der Waals surface area contributed by atoms with Gasteiger partial charge in [-0.15, -0.1) is 0 Å². The number of hydrogen-bond acceptors (Lipinski definition) is 3. The molecule has 2 fully saturated rings. The minimum Gasteiger partial charge on any atom is -0.341 e. The molecule has 0 spiro atoms. The number of sulfonamides is 1. The molecule has 1 aromatic rings. The Kier molecular flexibility index (Phi) is 4.12. The van der Waals surface area contributed by atoms with Crippen molar-refractivity contribution >= 4 is 15.9 Å². The van der Waals surface area contributed by atoms with Crippen molar-refractivity contribution < 1.29 is 13.2 Å². The molecular weight excluding hydrogens is 324 g/mol. The van der Waals surface area contributed by atoms with Crippen molar-refractivity contribution in [1.29, 1.82) is 0 Å². The van der Waals surface area contributed by atoms with Crippen LogP contribution in [0.15, 0.2) is 23.1 Å². The van der Waals surface area contributed by atoms with Gasteiger partial charge in [0.2, 0.25) is 15.9 Å². The smallest absolute Gasteiger partial charge is 0.240 e. The Bertz CT molecular complexity index is 756. The Balaban J connectivity index is 1.44. The molecule has 6 heteroatoms. The van der Waals surface area contributed by atoms with Crippen molar-refractivity contribution in [3.8, 4) is 0 Å². The predicted octanol–water partition coefficient (Wildman–Crippen LogP) is 1.85. The molecule has 130 valence electrons. The van der Waals surface area contributed by atoms with Crippen LogP contribution in [0.3, 0.4) is 0 Å². The number of hydrogen-bond donors (Lipinski definition) is 1. The van der Waals surface area contributed by atoms with Crippen LogP contribution in [0.5, 0.6) is 0 Å². The monoisotopic (exact) mass is 348 g/mol. The molecule has 1 N–H and O–H groups in total. The molecule has 1 aliphatic heterocycles. The molecule has 0 bridgehead atoms. The summed E-state index contributed by atoms with van der Waals surface area (Å²) >= 11 is 0. The van der Waals surface area contributed by atoms with E-state index < -0.39 is 10.0 Å². The highest BCUT2D eigenvalue weighted by Gasteiger charge is 2.37. The maximum Gasteiger partial charge on any atom is 0.240 e. The van der Waals surface area contributed by atoms with Gasteiger partial charge in [-0.25, -0.2) is 13.1 Å². The third-order valence-electron chi connectivity index (χ3n) is 5.38. The predicted molar refractivity (Wildman–Crippen MR) is 91.1 cm³/mol. The number of carbonyl (C=O) groups is 1. The quantitative estimate of drug-likeness (QED) is 0.903. The summed E-state index contributed by atoms with van der Waals surface area (Å²) in [5.41, 5.74) is 2.45. The number of fused-ring (bicyclic) bond motifs is 1. The minimum atomic E-state index is -3.52. The van der Waals surface area contributed by atoms with Gasteiger partial charge < -0.3 is 4.90 Å². The van der Waals surface area contributed by atoms with Gasteiger partial charge in [0.1, 0.15) is 0 Å². The first kappa shape index (κ1) is 16.1. The van der Waals surface area contributed by atoms with Crippen LogP contribution in [0.2, 0.25) is 0 Å². The number of amides is 1. The zero-order valence-corrected chi connectivity index (χ0v) is 14.6. The van der Waals surface area contributed by atoms with E-state index in [4.69, 9.17) is 0 Å². The van der Waals surface area contributed by atoms with Gasteiger partial charge in [0, 0.05) is 25.0 Å². The third-order valence-corrected chi connectivity index (χ3v) is 6.90. The normalized spacial score (nSPS) is 24.0. The molecule has 1 saturated carbocycles. The molecule has 2 aliphatic carbocycles. The van der Waals surface area contributed by atoms with Gasteiger partial charge in [-0.05, 0) is 68.2 Å². The van der Waals surface area contributed by atoms with Crippen LogP contribution in [0.1, 0.15) is 43.2 Å². The number of benzene rings is 1. The van der Waals surface area contributed by atoms with Gasteiger partial charge in [0.05, 0.1) is 4.90 Å². The van der Waals surface area contributed by atoms with E-state index in [1.165, 1.54) is 17.5 Å². The standard InChI is InChI=1S/C18H24N2O3S/c21-18(14-5-6-14)20-10-9-16(12-20)19-24(22,23)17-8-7-13-3-1-2-4-15(13)11-17/h7-8,11,14,16,19H,1-6,9-10,12H2. The summed E-state index contributed by atoms with van der Waals surface area (Å²) in [7, 11) is -3.52. The van der Waals surface area contributed by atoms with E-state index in [1.807, 2.05) is 17.0 Å². The highest BCUT2D eigenvalue weighted by Crippen LogP contribution is 2.32. The molecule has 24 heavy (non-hydrogen) atoms. The van der Waals surface area contributed by atoms with Crippen LogP contribution in [-0.4, -0.2) is 38.4 Å². The first-order valence-corrected chi connectivity index (χ1v) is 10.4. The zero-order valence-electron chi connectivity index (χ0n) is 13.8. The van der Waals surface area contributed by atoms with E-state index in [1.54, 1.807) is 6.07 Å². The molecule has 0 aromatic heterocycles. The molecule has 0 radical (unpaired) electrons. The SMILES string of the molecule is O=C(C1CC1)N1CCC(NS(=O)(=O)c2ccc3c(c2)CCCC3)C1. The van der Waals surface area contributed by atoms with Crippen molar-refractivity contribution in [3.05, 3.63) is 29.3 Å². The lowest BCUT2D eigenvalue weighted by Crippen LogP contribution is -2.38. The first-order valence-electron chi connectivity index (χ1n) is 8.96. The van der Waals surface area contributed by atoms with Crippen LogP contribution in [-0.2, 0) is 27.7 Å². The van der Waals surface area contributed by atoms with Crippen LogP contribution in [0, 0.1) is 5.92 Å². The van der Waals surface area contributed by atoms with Crippen molar-refractivity contribution in [2.75, 3.05) is 13.1 Å². The maximum absolute atomic E-state index is 12.7. The second kappa shape index (κ2) is 6.15. The second-order valence-electron chi connectivity index (χ2n) is 7.30. The van der Waals surface area contributed by atoms with Gasteiger partial charge in [0.25, 0.3) is 0 Å². The molecule has 4 rings (SSSR count). The molecule has 1 saturated heterocycles. The second-order valence-corrected chi connectivity index (χ2v) is 9.02. The highest BCUT2D eigenvalue weighted by molar-refractivity contribution is 7.89. The van der Waals surface area contributed by atoms with E-state index in [-0.39, 0.29) is 17.9 Å². The lowest BCUT2D eigenvalue weighted by molar-refractivity contribution is -0.131. The van der Waals surface area contributed by atoms with E-state index >= 15 is 0 Å². The van der Waals surface area contributed by atoms with E-state index in [2.05, 4.69) is 4.72 Å². The van der Waals surface area contributed by atoms with Crippen LogP contribution >= 0.6 is 0 Å². The molecular formula is C18H24N2O3S. The molecule has 1 aromatic carbocycles. The third kappa shape index (κ3) is 3.22. The molecule has 1 amide bonds. The summed E-state index contributed by atoms with van der Waals surface area (Å²) in [4.78, 5) is 14.3. The molecule has 1 atom stereocenters. The van der Waals surface area contributed by atoms with Crippen molar-refractivity contribution in [2.45, 2.75) is 55.9 Å². The number of likely N-dealkylation sites (tertiary alicyclic amines) is 1. The molecule has 1 unspecified atom stereocenters. The van der Waals surface area contributed by atoms with E-state index in [0.29, 0.717) is 24.4 Å². The molecule has 1 heterocycles. The highest BCUT2D eigenvalue weighted by atomic mass is 32.2. The maximum atomic E-state index is 12.7. The number of nitrogens with one attached hydrogen (secondary N) is 1. The Labute approximate surface area is 143 Å². The topological polar surface area (TPSA) is 66.5 Å². The average molecular weight is 348 g/mol. The summed E-state index contributed by atoms with van der Waals surface area (Å²) in [5.74, 6) is 0.395. The van der Waals surface area contributed by atoms with Crippen LogP contribution in [0.25, 0.3) is 0 Å². The van der Waals surface area contributed by atoms with Gasteiger partial charge in [0.15, 0.2) is 0 Å². The Hall–Kier alpha value is -1.40. The van der Waals surface area contributed by atoms with E-state index in [9.17, 15) is 13.2 Å². The van der Waals surface area contributed by atoms with Crippen LogP contribution in [0.4, 0.5) is 0 Å². The fraction of sp³-hybridized carbons (Fsp3) is 0.611. The Morgan fingerprint density at radius 2 is 1.83 bits per heavy atom. The lowest BCUT2D eigenvalue weighted by Gasteiger charge is -2.19. The largest absolute Gasteiger partial charge is 0.341 e. The number of aryl methyl sites for hydroxylation is 2. The number of rotatable bonds is 4. The summed E-state index contributed by atoms with van der Waals surface area (Å²) in [6.45, 7) is 1.16. The zero-order chi connectivity index (χ0) is 16.7. The number of nitrogens with zero attached hydrogens (tertiary/aromatic N) is 1. The van der Waals surface area contributed by atoms with Gasteiger partial charge in [-0.3, -0.25) is 4.79 Å². The fourth-order valence-electron chi connectivity index (χ4n) is 3.81. The molecule has 5 nitrogen and oxygen atoms in total. The fourth-order valence-corrected chi connectivity index (χ4v) is 5.12. The average Bonchev–Trinajstić information content (AvgIpc) is 3.33. The summed E-state index contributed by atoms with van der Waals surface area (Å²) in [6, 6.07) is 5.34. The molecule has 3 aliphatic rings. The summed E-state index contributed by atoms with van der Waals surface area (Å²) in [6.07, 6.45) is 7.00. The Morgan fingerprint density at radius 3 is 2.58 bits per heavy atom. The first-order chi connectivity index (χ1) is 11.5. The Morgan fingerprint density at radius 1 is 1.08 bits per heavy atom. The minimum absolute atomic E-state index is 0.172. The van der Waals surface area contributed by atoms with Crippen molar-refractivity contribution in [2.24, 2.45) is 5.92 Å². The van der Waals surface area contributed by atoms with E-state index in [0.717, 1.165) is 32.1 Å². The van der Waals surface area contributed by atoms with Crippen LogP contribution < -0.4 is 4.72 Å². The van der Waals surface area contributed by atoms with Crippen molar-refractivity contribution in [3.63, 3.8) is 0 Å². The van der Waals surface area contributed by atoms with Gasteiger partial charge in [-0.2, -0.15) is 0 Å². The van der Waals surface area contributed by atoms with Gasteiger partial charge >= 0.3 is 0 Å².